The Morgan fingerprint density at radius 1 is 0.947 bits per heavy atom. The molecule has 0 spiro atoms. The van der Waals surface area contributed by atoms with Gasteiger partial charge in [0.2, 0.25) is 0 Å². The van der Waals surface area contributed by atoms with E-state index in [0.29, 0.717) is 0 Å². The normalized spacial score (nSPS) is 9.26. The molecule has 1 aromatic carbocycles. The molecule has 0 bridgehead atoms. The van der Waals surface area contributed by atoms with Crippen molar-refractivity contribution in [3.05, 3.63) is 29.8 Å². The van der Waals surface area contributed by atoms with Crippen molar-refractivity contribution in [1.29, 1.82) is 0 Å². The molecule has 0 aliphatic carbocycles. The fourth-order valence-electron chi connectivity index (χ4n) is 1.46. The van der Waals surface area contributed by atoms with Gasteiger partial charge >= 0.3 is 17.1 Å². The van der Waals surface area contributed by atoms with Crippen molar-refractivity contribution in [2.45, 2.75) is 0 Å². The van der Waals surface area contributed by atoms with Crippen LogP contribution in [0.3, 0.4) is 0 Å². The van der Waals surface area contributed by atoms with E-state index in [0.717, 1.165) is 4.90 Å². The second kappa shape index (κ2) is 7.40. The average Bonchev–Trinajstić information content (AvgIpc) is 2.26. The van der Waals surface area contributed by atoms with E-state index in [-0.39, 0.29) is 28.3 Å². The van der Waals surface area contributed by atoms with Gasteiger partial charge < -0.3 is 34.6 Å². The SMILES string of the molecule is O=C([O-])CN(CC(=O)[O-])c1ccccc1C(=O)[O-].[Fe+3]. The Labute approximate surface area is 118 Å². The number of aliphatic carboxylic acids is 2. The van der Waals surface area contributed by atoms with E-state index in [4.69, 9.17) is 0 Å². The number of carboxylic acid groups (broad SMARTS) is 3. The molecule has 0 amide bonds. The molecule has 101 valence electrons. The van der Waals surface area contributed by atoms with E-state index in [9.17, 15) is 29.7 Å². The predicted octanol–water partition coefficient (Wildman–Crippen LogP) is -3.65. The zero-order valence-electron chi connectivity index (χ0n) is 9.47. The van der Waals surface area contributed by atoms with Gasteiger partial charge in [-0.25, -0.2) is 0 Å². The van der Waals surface area contributed by atoms with Crippen LogP contribution < -0.4 is 20.2 Å². The standard InChI is InChI=1S/C11H11NO6.Fe/c13-9(14)5-12(6-10(15)16)8-4-2-1-3-7(8)11(17)18;/h1-4H,5-6H2,(H,13,14)(H,15,16)(H,17,18);/q;+3/p-3. The molecule has 0 N–H and O–H groups in total. The maximum atomic E-state index is 10.8. The second-order valence-corrected chi connectivity index (χ2v) is 3.40. The fourth-order valence-corrected chi connectivity index (χ4v) is 1.46. The number of carbonyl (C=O) groups is 3. The van der Waals surface area contributed by atoms with Crippen LogP contribution >= 0.6 is 0 Å². The van der Waals surface area contributed by atoms with E-state index in [1.807, 2.05) is 0 Å². The van der Waals surface area contributed by atoms with Crippen LogP contribution in [0.1, 0.15) is 10.4 Å². The Balaban J connectivity index is 0.00000324. The molecular formula is C11H8FeNO6. The number of benzene rings is 1. The Morgan fingerprint density at radius 2 is 1.42 bits per heavy atom. The number of carbonyl (C=O) groups excluding carboxylic acids is 3. The quantitative estimate of drug-likeness (QED) is 0.496. The van der Waals surface area contributed by atoms with Crippen LogP contribution in [0.5, 0.6) is 0 Å². The number of rotatable bonds is 6. The van der Waals surface area contributed by atoms with Crippen LogP contribution in [-0.2, 0) is 26.7 Å². The molecule has 0 fully saturated rings. The van der Waals surface area contributed by atoms with E-state index in [1.165, 1.54) is 24.3 Å². The van der Waals surface area contributed by atoms with Gasteiger partial charge in [-0.3, -0.25) is 0 Å². The van der Waals surface area contributed by atoms with Crippen LogP contribution in [0.4, 0.5) is 5.69 Å². The summed E-state index contributed by atoms with van der Waals surface area (Å²) < 4.78 is 0. The van der Waals surface area contributed by atoms with E-state index in [1.54, 1.807) is 0 Å². The van der Waals surface area contributed by atoms with Crippen LogP contribution in [0.2, 0.25) is 0 Å². The molecule has 1 rings (SSSR count). The largest absolute Gasteiger partial charge is 3.00 e. The van der Waals surface area contributed by atoms with Gasteiger partial charge in [-0.15, -0.1) is 0 Å². The zero-order chi connectivity index (χ0) is 13.7. The number of para-hydroxylation sites is 1. The summed E-state index contributed by atoms with van der Waals surface area (Å²) in [5.74, 6) is -4.61. The van der Waals surface area contributed by atoms with Gasteiger partial charge in [0.1, 0.15) is 0 Å². The monoisotopic (exact) mass is 306 g/mol. The van der Waals surface area contributed by atoms with Crippen LogP contribution in [-0.4, -0.2) is 31.0 Å². The molecule has 0 saturated heterocycles. The summed E-state index contributed by atoms with van der Waals surface area (Å²) in [7, 11) is 0. The summed E-state index contributed by atoms with van der Waals surface area (Å²) in [6, 6.07) is 5.31. The topological polar surface area (TPSA) is 124 Å². The third-order valence-electron chi connectivity index (χ3n) is 2.10. The van der Waals surface area contributed by atoms with Crippen molar-refractivity contribution in [3.8, 4) is 0 Å². The number of anilines is 1. The molecule has 7 nitrogen and oxygen atoms in total. The van der Waals surface area contributed by atoms with Crippen molar-refractivity contribution in [3.63, 3.8) is 0 Å². The van der Waals surface area contributed by atoms with Crippen molar-refractivity contribution in [1.82, 2.24) is 0 Å². The van der Waals surface area contributed by atoms with E-state index in [2.05, 4.69) is 0 Å². The first-order chi connectivity index (χ1) is 8.41. The molecule has 0 unspecified atom stereocenters. The van der Waals surface area contributed by atoms with Gasteiger partial charge in [-0.05, 0) is 6.07 Å². The summed E-state index contributed by atoms with van der Waals surface area (Å²) >= 11 is 0. The van der Waals surface area contributed by atoms with Gasteiger partial charge in [0.15, 0.2) is 0 Å². The molecule has 1 aromatic rings. The number of carboxylic acids is 3. The fraction of sp³-hybridized carbons (Fsp3) is 0.182. The van der Waals surface area contributed by atoms with Crippen molar-refractivity contribution >= 4 is 23.6 Å². The Bertz CT molecular complexity index is 474. The smallest absolute Gasteiger partial charge is 0.548 e. The van der Waals surface area contributed by atoms with Gasteiger partial charge in [-0.2, -0.15) is 0 Å². The summed E-state index contributed by atoms with van der Waals surface area (Å²) in [5, 5.41) is 31.9. The van der Waals surface area contributed by atoms with Crippen molar-refractivity contribution < 1.29 is 46.8 Å². The van der Waals surface area contributed by atoms with Gasteiger partial charge in [0, 0.05) is 11.3 Å². The predicted molar refractivity (Wildman–Crippen MR) is 53.0 cm³/mol. The second-order valence-electron chi connectivity index (χ2n) is 3.40. The number of nitrogens with zero attached hydrogens (tertiary/aromatic N) is 1. The molecule has 8 heteroatoms. The minimum absolute atomic E-state index is 0. The number of aromatic carboxylic acids is 1. The number of hydrogen-bond donors (Lipinski definition) is 0. The van der Waals surface area contributed by atoms with Crippen LogP contribution in [0.25, 0.3) is 0 Å². The first kappa shape index (κ1) is 16.9. The van der Waals surface area contributed by atoms with Gasteiger partial charge in [-0.1, -0.05) is 18.2 Å². The zero-order valence-corrected chi connectivity index (χ0v) is 10.6. The first-order valence-electron chi connectivity index (χ1n) is 4.87. The van der Waals surface area contributed by atoms with E-state index < -0.39 is 31.0 Å². The van der Waals surface area contributed by atoms with Gasteiger partial charge in [0.25, 0.3) is 0 Å². The van der Waals surface area contributed by atoms with Gasteiger partial charge in [0.05, 0.1) is 31.0 Å². The van der Waals surface area contributed by atoms with Crippen molar-refractivity contribution in [2.24, 2.45) is 0 Å². The molecule has 0 aromatic heterocycles. The third kappa shape index (κ3) is 4.99. The molecule has 19 heavy (non-hydrogen) atoms. The Hall–Kier alpha value is -2.05. The summed E-state index contributed by atoms with van der Waals surface area (Å²) in [5.41, 5.74) is -0.383. The van der Waals surface area contributed by atoms with Crippen molar-refractivity contribution in [2.75, 3.05) is 18.0 Å². The molecule has 0 atom stereocenters. The molecule has 0 heterocycles. The van der Waals surface area contributed by atoms with Crippen LogP contribution in [0, 0.1) is 0 Å². The maximum Gasteiger partial charge on any atom is 3.00 e. The molecule has 0 aliphatic rings. The van der Waals surface area contributed by atoms with E-state index >= 15 is 0 Å². The first-order valence-corrected chi connectivity index (χ1v) is 4.87. The average molecular weight is 306 g/mol. The van der Waals surface area contributed by atoms with Crippen LogP contribution in [0.15, 0.2) is 24.3 Å². The minimum atomic E-state index is -1.54. The number of hydrogen-bond acceptors (Lipinski definition) is 7. The Kier molecular flexibility index (Phi) is 6.60. The summed E-state index contributed by atoms with van der Waals surface area (Å²) in [6.45, 7) is -1.53. The maximum absolute atomic E-state index is 10.8. The molecule has 0 saturated carbocycles. The minimum Gasteiger partial charge on any atom is -0.548 e. The summed E-state index contributed by atoms with van der Waals surface area (Å²) in [4.78, 5) is 32.7. The Morgan fingerprint density at radius 3 is 1.84 bits per heavy atom. The molecular weight excluding hydrogens is 298 g/mol. The summed E-state index contributed by atoms with van der Waals surface area (Å²) in [6.07, 6.45) is 0. The molecule has 0 aliphatic heterocycles. The molecule has 1 radical (unpaired) electrons. The third-order valence-corrected chi connectivity index (χ3v) is 2.10.